The molecule has 11 heteroatoms. The molecule has 3 atom stereocenters. The van der Waals surface area contributed by atoms with Crippen LogP contribution < -0.4 is 10.6 Å². The fourth-order valence-electron chi connectivity index (χ4n) is 3.81. The number of nitriles is 1. The summed E-state index contributed by atoms with van der Waals surface area (Å²) in [5.74, 6) is -0.571. The number of halogens is 2. The molecular formula is C23H25F2N7O2. The zero-order chi connectivity index (χ0) is 24.5. The molecule has 2 unspecified atom stereocenters. The SMILES string of the molecule is CC(C)(O)[C@H](F)CNC(=O)c1cnc(-c2cnc3cc(C#N)cnn23)cc1NC1CCC(F)C1. The third kappa shape index (κ3) is 4.97. The van der Waals surface area contributed by atoms with E-state index in [9.17, 15) is 18.7 Å². The number of nitrogens with one attached hydrogen (secondary N) is 2. The second-order valence-corrected chi connectivity index (χ2v) is 8.97. The summed E-state index contributed by atoms with van der Waals surface area (Å²) in [4.78, 5) is 21.5. The number of nitrogens with zero attached hydrogens (tertiary/aromatic N) is 5. The average molecular weight is 469 g/mol. The highest BCUT2D eigenvalue weighted by Gasteiger charge is 2.29. The number of fused-ring (bicyclic) bond motifs is 1. The molecule has 1 aliphatic carbocycles. The molecule has 1 aliphatic rings. The van der Waals surface area contributed by atoms with E-state index in [4.69, 9.17) is 5.26 Å². The van der Waals surface area contributed by atoms with Gasteiger partial charge in [-0.3, -0.25) is 9.78 Å². The molecule has 1 saturated carbocycles. The summed E-state index contributed by atoms with van der Waals surface area (Å²) in [5.41, 5.74) is 0.813. The largest absolute Gasteiger partial charge is 0.387 e. The first kappa shape index (κ1) is 23.5. The first-order chi connectivity index (χ1) is 16.2. The Morgan fingerprint density at radius 2 is 2.12 bits per heavy atom. The van der Waals surface area contributed by atoms with Crippen molar-refractivity contribution < 1.29 is 18.7 Å². The molecule has 1 fully saturated rings. The van der Waals surface area contributed by atoms with Crippen molar-refractivity contribution in [3.05, 3.63) is 41.9 Å². The second kappa shape index (κ2) is 9.30. The highest BCUT2D eigenvalue weighted by Crippen LogP contribution is 2.29. The number of aliphatic hydroxyl groups is 1. The van der Waals surface area contributed by atoms with Crippen LogP contribution in [0.5, 0.6) is 0 Å². The van der Waals surface area contributed by atoms with Crippen molar-refractivity contribution in [2.75, 3.05) is 11.9 Å². The van der Waals surface area contributed by atoms with Crippen LogP contribution in [-0.2, 0) is 0 Å². The van der Waals surface area contributed by atoms with Gasteiger partial charge >= 0.3 is 0 Å². The Morgan fingerprint density at radius 3 is 2.79 bits per heavy atom. The van der Waals surface area contributed by atoms with Crippen LogP contribution in [0.1, 0.15) is 49.0 Å². The van der Waals surface area contributed by atoms with Crippen molar-refractivity contribution in [2.24, 2.45) is 0 Å². The highest BCUT2D eigenvalue weighted by atomic mass is 19.1. The van der Waals surface area contributed by atoms with Gasteiger partial charge in [0, 0.05) is 18.3 Å². The third-order valence-corrected chi connectivity index (χ3v) is 5.84. The van der Waals surface area contributed by atoms with Crippen molar-refractivity contribution in [3.63, 3.8) is 0 Å². The van der Waals surface area contributed by atoms with Gasteiger partial charge in [-0.1, -0.05) is 0 Å². The van der Waals surface area contributed by atoms with Gasteiger partial charge in [0.1, 0.15) is 24.1 Å². The molecule has 0 bridgehead atoms. The zero-order valence-electron chi connectivity index (χ0n) is 18.8. The molecule has 0 aliphatic heterocycles. The van der Waals surface area contributed by atoms with E-state index in [0.29, 0.717) is 47.5 Å². The van der Waals surface area contributed by atoms with Crippen LogP contribution in [0, 0.1) is 11.3 Å². The Morgan fingerprint density at radius 1 is 1.32 bits per heavy atom. The number of hydrogen-bond donors (Lipinski definition) is 3. The van der Waals surface area contributed by atoms with Crippen LogP contribution in [0.15, 0.2) is 30.7 Å². The normalized spacial score (nSPS) is 19.1. The van der Waals surface area contributed by atoms with Gasteiger partial charge in [0.2, 0.25) is 0 Å². The summed E-state index contributed by atoms with van der Waals surface area (Å²) < 4.78 is 29.4. The predicted molar refractivity (Wildman–Crippen MR) is 121 cm³/mol. The maximum absolute atomic E-state index is 14.1. The van der Waals surface area contributed by atoms with E-state index in [1.807, 2.05) is 6.07 Å². The Labute approximate surface area is 194 Å². The lowest BCUT2D eigenvalue weighted by atomic mass is 10.0. The van der Waals surface area contributed by atoms with Crippen LogP contribution in [0.25, 0.3) is 17.0 Å². The van der Waals surface area contributed by atoms with Gasteiger partial charge in [-0.25, -0.2) is 18.3 Å². The summed E-state index contributed by atoms with van der Waals surface area (Å²) >= 11 is 0. The molecule has 34 heavy (non-hydrogen) atoms. The van der Waals surface area contributed by atoms with Crippen LogP contribution in [0.2, 0.25) is 0 Å². The van der Waals surface area contributed by atoms with Crippen LogP contribution in [0.3, 0.4) is 0 Å². The Balaban J connectivity index is 1.66. The number of anilines is 1. The third-order valence-electron chi connectivity index (χ3n) is 5.84. The lowest BCUT2D eigenvalue weighted by Gasteiger charge is -2.23. The standard InChI is InChI=1S/C23H25F2N7O2/c1-23(2,34)20(25)12-29-22(33)16-10-27-18(7-17(16)31-15-4-3-14(24)6-15)19-11-28-21-5-13(8-26)9-30-32(19)21/h5,7,9-11,14-15,20,34H,3-4,6,12H2,1-2H3,(H,27,31)(H,29,33)/t14?,15?,20-/m1/s1. The van der Waals surface area contributed by atoms with Crippen molar-refractivity contribution >= 4 is 17.2 Å². The summed E-state index contributed by atoms with van der Waals surface area (Å²) in [5, 5.41) is 28.8. The topological polar surface area (TPSA) is 128 Å². The van der Waals surface area contributed by atoms with E-state index in [1.165, 1.54) is 30.8 Å². The summed E-state index contributed by atoms with van der Waals surface area (Å²) in [7, 11) is 0. The molecule has 3 heterocycles. The Bertz CT molecular complexity index is 1250. The van der Waals surface area contributed by atoms with Crippen molar-refractivity contribution in [2.45, 2.75) is 57.1 Å². The van der Waals surface area contributed by atoms with E-state index in [1.54, 1.807) is 18.3 Å². The number of carbonyl (C=O) groups excluding carboxylic acids is 1. The first-order valence-corrected chi connectivity index (χ1v) is 10.9. The van der Waals surface area contributed by atoms with Gasteiger partial charge in [0.25, 0.3) is 5.91 Å². The minimum Gasteiger partial charge on any atom is -0.387 e. The maximum Gasteiger partial charge on any atom is 0.255 e. The molecule has 3 aromatic heterocycles. The van der Waals surface area contributed by atoms with Crippen molar-refractivity contribution in [1.82, 2.24) is 24.9 Å². The van der Waals surface area contributed by atoms with Crippen molar-refractivity contribution in [3.8, 4) is 17.5 Å². The molecule has 1 amide bonds. The molecule has 178 valence electrons. The molecule has 0 saturated heterocycles. The minimum atomic E-state index is -1.66. The van der Waals surface area contributed by atoms with E-state index >= 15 is 0 Å². The van der Waals surface area contributed by atoms with E-state index in [0.717, 1.165) is 0 Å². The fourth-order valence-corrected chi connectivity index (χ4v) is 3.81. The number of carbonyl (C=O) groups is 1. The molecule has 0 spiro atoms. The molecule has 4 rings (SSSR count). The highest BCUT2D eigenvalue weighted by molar-refractivity contribution is 6.00. The number of aromatic nitrogens is 4. The molecule has 0 aromatic carbocycles. The number of hydrogen-bond acceptors (Lipinski definition) is 7. The van der Waals surface area contributed by atoms with E-state index < -0.39 is 23.9 Å². The minimum absolute atomic E-state index is 0.166. The monoisotopic (exact) mass is 469 g/mol. The summed E-state index contributed by atoms with van der Waals surface area (Å²) in [6.45, 7) is 2.27. The number of imidazole rings is 1. The number of pyridine rings is 1. The van der Waals surface area contributed by atoms with Crippen LogP contribution >= 0.6 is 0 Å². The maximum atomic E-state index is 14.1. The smallest absolute Gasteiger partial charge is 0.255 e. The number of rotatable bonds is 7. The van der Waals surface area contributed by atoms with Gasteiger partial charge in [-0.2, -0.15) is 10.4 Å². The van der Waals surface area contributed by atoms with Crippen LogP contribution in [-0.4, -0.2) is 61.1 Å². The van der Waals surface area contributed by atoms with Gasteiger partial charge in [0.15, 0.2) is 5.65 Å². The summed E-state index contributed by atoms with van der Waals surface area (Å²) in [6.07, 6.45) is 3.11. The molecule has 3 N–H and O–H groups in total. The van der Waals surface area contributed by atoms with E-state index in [2.05, 4.69) is 25.7 Å². The molecule has 9 nitrogen and oxygen atoms in total. The van der Waals surface area contributed by atoms with Crippen LogP contribution in [0.4, 0.5) is 14.5 Å². The quantitative estimate of drug-likeness (QED) is 0.485. The van der Waals surface area contributed by atoms with Gasteiger partial charge < -0.3 is 15.7 Å². The molecule has 3 aromatic rings. The second-order valence-electron chi connectivity index (χ2n) is 8.97. The Kier molecular flexibility index (Phi) is 6.43. The van der Waals surface area contributed by atoms with Gasteiger partial charge in [-0.15, -0.1) is 0 Å². The molecule has 0 radical (unpaired) electrons. The first-order valence-electron chi connectivity index (χ1n) is 10.9. The Hall–Kier alpha value is -3.65. The zero-order valence-corrected chi connectivity index (χ0v) is 18.8. The number of amides is 1. The predicted octanol–water partition coefficient (Wildman–Crippen LogP) is 2.80. The van der Waals surface area contributed by atoms with Gasteiger partial charge in [0.05, 0.1) is 47.0 Å². The van der Waals surface area contributed by atoms with E-state index in [-0.39, 0.29) is 18.2 Å². The lowest BCUT2D eigenvalue weighted by Crippen LogP contribution is -2.42. The van der Waals surface area contributed by atoms with Gasteiger partial charge in [-0.05, 0) is 39.2 Å². The fraction of sp³-hybridized carbons (Fsp3) is 0.435. The number of alkyl halides is 2. The average Bonchev–Trinajstić information content (AvgIpc) is 3.41. The lowest BCUT2D eigenvalue weighted by molar-refractivity contribution is -0.00177. The summed E-state index contributed by atoms with van der Waals surface area (Å²) in [6, 6.07) is 5.08. The molecular weight excluding hydrogens is 444 g/mol. The van der Waals surface area contributed by atoms with Crippen molar-refractivity contribution in [1.29, 1.82) is 5.26 Å².